The van der Waals surface area contributed by atoms with E-state index in [9.17, 15) is 0 Å². The van der Waals surface area contributed by atoms with Crippen molar-refractivity contribution in [3.05, 3.63) is 11.6 Å². The fraction of sp³-hybridized carbons (Fsp3) is 0.833. The summed E-state index contributed by atoms with van der Waals surface area (Å²) >= 11 is 0. The van der Waals surface area contributed by atoms with Gasteiger partial charge in [-0.05, 0) is 31.2 Å². The maximum atomic E-state index is 5.61. The molecule has 2 heterocycles. The standard InChI is InChI=1S/C12H22N4/c1-9(2)7-11-14-15-12-8-10(3-5-13)4-6-16(11)12/h9-10H,3-8,13H2,1-2H3. The van der Waals surface area contributed by atoms with E-state index >= 15 is 0 Å². The van der Waals surface area contributed by atoms with E-state index in [0.717, 1.165) is 38.2 Å². The number of fused-ring (bicyclic) bond motifs is 1. The molecule has 4 heteroatoms. The SMILES string of the molecule is CC(C)Cc1nnc2n1CCC(CCN)C2. The molecule has 0 aliphatic carbocycles. The van der Waals surface area contributed by atoms with Gasteiger partial charge in [-0.1, -0.05) is 13.8 Å². The van der Waals surface area contributed by atoms with Crippen LogP contribution in [0.2, 0.25) is 0 Å². The van der Waals surface area contributed by atoms with Gasteiger partial charge in [0, 0.05) is 19.4 Å². The van der Waals surface area contributed by atoms with Crippen molar-refractivity contribution in [2.45, 2.75) is 46.1 Å². The lowest BCUT2D eigenvalue weighted by Gasteiger charge is -2.23. The molecule has 1 aliphatic heterocycles. The summed E-state index contributed by atoms with van der Waals surface area (Å²) in [5.74, 6) is 3.69. The molecule has 16 heavy (non-hydrogen) atoms. The molecule has 0 radical (unpaired) electrons. The molecule has 4 nitrogen and oxygen atoms in total. The molecule has 2 rings (SSSR count). The second kappa shape index (κ2) is 4.95. The largest absolute Gasteiger partial charge is 0.330 e. The average Bonchev–Trinajstić information content (AvgIpc) is 2.61. The number of nitrogens with two attached hydrogens (primary N) is 1. The molecule has 90 valence electrons. The van der Waals surface area contributed by atoms with Gasteiger partial charge < -0.3 is 10.3 Å². The van der Waals surface area contributed by atoms with E-state index in [1.54, 1.807) is 0 Å². The number of aromatic nitrogens is 3. The summed E-state index contributed by atoms with van der Waals surface area (Å²) in [6.45, 7) is 6.32. The summed E-state index contributed by atoms with van der Waals surface area (Å²) in [5.41, 5.74) is 5.61. The molecule has 0 spiro atoms. The van der Waals surface area contributed by atoms with Crippen LogP contribution in [0, 0.1) is 11.8 Å². The minimum Gasteiger partial charge on any atom is -0.330 e. The van der Waals surface area contributed by atoms with Crippen LogP contribution in [-0.4, -0.2) is 21.3 Å². The topological polar surface area (TPSA) is 56.7 Å². The highest BCUT2D eigenvalue weighted by molar-refractivity contribution is 5.01. The van der Waals surface area contributed by atoms with Crippen LogP contribution >= 0.6 is 0 Å². The van der Waals surface area contributed by atoms with E-state index in [1.165, 1.54) is 12.2 Å². The molecule has 0 amide bonds. The van der Waals surface area contributed by atoms with Gasteiger partial charge in [0.2, 0.25) is 0 Å². The molecule has 1 aliphatic rings. The summed E-state index contributed by atoms with van der Waals surface area (Å²) in [5, 5.41) is 8.63. The first-order valence-electron chi connectivity index (χ1n) is 6.31. The highest BCUT2D eigenvalue weighted by Gasteiger charge is 2.22. The van der Waals surface area contributed by atoms with Crippen molar-refractivity contribution in [2.24, 2.45) is 17.6 Å². The van der Waals surface area contributed by atoms with Gasteiger partial charge in [0.25, 0.3) is 0 Å². The van der Waals surface area contributed by atoms with Gasteiger partial charge in [0.05, 0.1) is 0 Å². The van der Waals surface area contributed by atoms with Crippen molar-refractivity contribution in [3.63, 3.8) is 0 Å². The molecule has 1 aromatic rings. The molecular weight excluding hydrogens is 200 g/mol. The van der Waals surface area contributed by atoms with Crippen molar-refractivity contribution in [1.82, 2.24) is 14.8 Å². The Balaban J connectivity index is 2.08. The summed E-state index contributed by atoms with van der Waals surface area (Å²) in [7, 11) is 0. The smallest absolute Gasteiger partial charge is 0.133 e. The van der Waals surface area contributed by atoms with E-state index in [2.05, 4.69) is 28.6 Å². The summed E-state index contributed by atoms with van der Waals surface area (Å²) in [4.78, 5) is 0. The van der Waals surface area contributed by atoms with E-state index < -0.39 is 0 Å². The molecule has 0 aromatic carbocycles. The van der Waals surface area contributed by atoms with Gasteiger partial charge in [0.1, 0.15) is 11.6 Å². The monoisotopic (exact) mass is 222 g/mol. The highest BCUT2D eigenvalue weighted by Crippen LogP contribution is 2.23. The van der Waals surface area contributed by atoms with E-state index in [4.69, 9.17) is 5.73 Å². The number of rotatable bonds is 4. The maximum absolute atomic E-state index is 5.61. The number of hydrogen-bond acceptors (Lipinski definition) is 3. The Bertz CT molecular complexity index is 343. The Hall–Kier alpha value is -0.900. The highest BCUT2D eigenvalue weighted by atomic mass is 15.3. The molecule has 0 fully saturated rings. The lowest BCUT2D eigenvalue weighted by Crippen LogP contribution is -2.23. The zero-order valence-corrected chi connectivity index (χ0v) is 10.3. The van der Waals surface area contributed by atoms with E-state index in [1.807, 2.05) is 0 Å². The second-order valence-corrected chi connectivity index (χ2v) is 5.22. The third kappa shape index (κ3) is 2.43. The molecule has 1 atom stereocenters. The second-order valence-electron chi connectivity index (χ2n) is 5.22. The van der Waals surface area contributed by atoms with Crippen LogP contribution in [0.15, 0.2) is 0 Å². The first-order chi connectivity index (χ1) is 7.70. The zero-order valence-electron chi connectivity index (χ0n) is 10.3. The van der Waals surface area contributed by atoms with Crippen molar-refractivity contribution >= 4 is 0 Å². The molecule has 0 bridgehead atoms. The van der Waals surface area contributed by atoms with Crippen molar-refractivity contribution in [3.8, 4) is 0 Å². The quantitative estimate of drug-likeness (QED) is 0.837. The summed E-state index contributed by atoms with van der Waals surface area (Å²) in [6.07, 6.45) is 4.44. The Kier molecular flexibility index (Phi) is 3.59. The van der Waals surface area contributed by atoms with Crippen LogP contribution in [-0.2, 0) is 19.4 Å². The van der Waals surface area contributed by atoms with Crippen LogP contribution in [0.3, 0.4) is 0 Å². The maximum Gasteiger partial charge on any atom is 0.133 e. The van der Waals surface area contributed by atoms with Crippen LogP contribution < -0.4 is 5.73 Å². The average molecular weight is 222 g/mol. The van der Waals surface area contributed by atoms with Gasteiger partial charge in [0.15, 0.2) is 0 Å². The van der Waals surface area contributed by atoms with Gasteiger partial charge in [-0.15, -0.1) is 10.2 Å². The molecule has 2 N–H and O–H groups in total. The lowest BCUT2D eigenvalue weighted by molar-refractivity contribution is 0.358. The Labute approximate surface area is 97.2 Å². The molecule has 1 unspecified atom stereocenters. The van der Waals surface area contributed by atoms with Crippen LogP contribution in [0.25, 0.3) is 0 Å². The Morgan fingerprint density at radius 1 is 1.44 bits per heavy atom. The van der Waals surface area contributed by atoms with E-state index in [-0.39, 0.29) is 0 Å². The third-order valence-electron chi connectivity index (χ3n) is 3.30. The van der Waals surface area contributed by atoms with Crippen molar-refractivity contribution in [2.75, 3.05) is 6.54 Å². The molecular formula is C12H22N4. The minimum absolute atomic E-state index is 0.648. The Morgan fingerprint density at radius 3 is 2.94 bits per heavy atom. The zero-order chi connectivity index (χ0) is 11.5. The van der Waals surface area contributed by atoms with E-state index in [0.29, 0.717) is 11.8 Å². The first-order valence-corrected chi connectivity index (χ1v) is 6.31. The summed E-state index contributed by atoms with van der Waals surface area (Å²) < 4.78 is 2.31. The predicted molar refractivity (Wildman–Crippen MR) is 64.0 cm³/mol. The fourth-order valence-electron chi connectivity index (χ4n) is 2.45. The number of nitrogens with zero attached hydrogens (tertiary/aromatic N) is 3. The summed E-state index contributed by atoms with van der Waals surface area (Å²) in [6, 6.07) is 0. The number of hydrogen-bond donors (Lipinski definition) is 1. The normalized spacial score (nSPS) is 20.1. The van der Waals surface area contributed by atoms with Crippen molar-refractivity contribution < 1.29 is 0 Å². The van der Waals surface area contributed by atoms with Crippen LogP contribution in [0.1, 0.15) is 38.3 Å². The predicted octanol–water partition coefficient (Wildman–Crippen LogP) is 1.39. The van der Waals surface area contributed by atoms with Gasteiger partial charge in [-0.3, -0.25) is 0 Å². The molecule has 0 saturated heterocycles. The van der Waals surface area contributed by atoms with Gasteiger partial charge in [-0.2, -0.15) is 0 Å². The van der Waals surface area contributed by atoms with Crippen molar-refractivity contribution in [1.29, 1.82) is 0 Å². The third-order valence-corrected chi connectivity index (χ3v) is 3.30. The lowest BCUT2D eigenvalue weighted by atomic mass is 9.94. The van der Waals surface area contributed by atoms with Crippen LogP contribution in [0.4, 0.5) is 0 Å². The van der Waals surface area contributed by atoms with Gasteiger partial charge >= 0.3 is 0 Å². The Morgan fingerprint density at radius 2 is 2.25 bits per heavy atom. The van der Waals surface area contributed by atoms with Crippen LogP contribution in [0.5, 0.6) is 0 Å². The first kappa shape index (κ1) is 11.6. The minimum atomic E-state index is 0.648. The molecule has 0 saturated carbocycles. The molecule has 1 aromatic heterocycles. The fourth-order valence-corrected chi connectivity index (χ4v) is 2.45. The van der Waals surface area contributed by atoms with Gasteiger partial charge in [-0.25, -0.2) is 0 Å².